The van der Waals surface area contributed by atoms with Crippen LogP contribution >= 0.6 is 0 Å². The second-order valence-corrected chi connectivity index (χ2v) is 9.23. The minimum atomic E-state index is -0.255. The van der Waals surface area contributed by atoms with E-state index in [1.165, 1.54) is 5.56 Å². The zero-order valence-electron chi connectivity index (χ0n) is 21.0. The zero-order valence-corrected chi connectivity index (χ0v) is 21.0. The lowest BCUT2D eigenvalue weighted by molar-refractivity contribution is -0.117. The lowest BCUT2D eigenvalue weighted by atomic mass is 9.92. The summed E-state index contributed by atoms with van der Waals surface area (Å²) in [5.41, 5.74) is 6.61. The molecule has 0 fully saturated rings. The maximum Gasteiger partial charge on any atom is 0.253 e. The highest BCUT2D eigenvalue weighted by molar-refractivity contribution is 6.03. The Balaban J connectivity index is 1.74. The lowest BCUT2D eigenvalue weighted by Crippen LogP contribution is -2.35. The summed E-state index contributed by atoms with van der Waals surface area (Å²) in [6.07, 6.45) is 1.50. The normalized spacial score (nSPS) is 15.3. The van der Waals surface area contributed by atoms with Gasteiger partial charge in [0.2, 0.25) is 5.91 Å². The number of hydrogen-bond acceptors (Lipinski definition) is 4. The van der Waals surface area contributed by atoms with Crippen LogP contribution in [0.5, 0.6) is 0 Å². The van der Waals surface area contributed by atoms with Crippen molar-refractivity contribution in [1.82, 2.24) is 20.1 Å². The van der Waals surface area contributed by atoms with E-state index in [4.69, 9.17) is 0 Å². The molecule has 0 saturated heterocycles. The number of nitrogens with zero attached hydrogens (tertiary/aromatic N) is 2. The van der Waals surface area contributed by atoms with Gasteiger partial charge in [-0.1, -0.05) is 26.0 Å². The summed E-state index contributed by atoms with van der Waals surface area (Å²) in [7, 11) is 4.13. The topological polar surface area (TPSA) is 80.5 Å². The Morgan fingerprint density at radius 2 is 1.85 bits per heavy atom. The molecule has 1 aliphatic rings. The van der Waals surface area contributed by atoms with Gasteiger partial charge in [0.05, 0.1) is 11.5 Å². The molecule has 2 amide bonds. The van der Waals surface area contributed by atoms with Gasteiger partial charge < -0.3 is 25.4 Å². The third kappa shape index (κ3) is 5.84. The second-order valence-electron chi connectivity index (χ2n) is 9.23. The standard InChI is InChI=1S/C26H39N5O2/c1-7-31(8-2)14-12-27-26(33)24-17(3)23(28-18(24)4)16-21-20-15-19(11-13-30(5)6)9-10-22(20)29-25(21)32/h9-10,15,21,28H,7-8,11-14,16H2,1-6H3,(H,27,33)(H,29,32). The molecule has 7 heteroatoms. The van der Waals surface area contributed by atoms with Crippen LogP contribution in [0.25, 0.3) is 0 Å². The number of aromatic amines is 1. The number of carbonyl (C=O) groups excluding carboxylic acids is 2. The Morgan fingerprint density at radius 3 is 2.52 bits per heavy atom. The van der Waals surface area contributed by atoms with Crippen LogP contribution in [0.4, 0.5) is 5.69 Å². The summed E-state index contributed by atoms with van der Waals surface area (Å²) in [6.45, 7) is 12.5. The van der Waals surface area contributed by atoms with Crippen LogP contribution in [-0.4, -0.2) is 73.4 Å². The van der Waals surface area contributed by atoms with Gasteiger partial charge in [-0.15, -0.1) is 0 Å². The third-order valence-corrected chi connectivity index (χ3v) is 6.70. The highest BCUT2D eigenvalue weighted by atomic mass is 16.2. The van der Waals surface area contributed by atoms with Crippen molar-refractivity contribution in [3.05, 3.63) is 51.8 Å². The van der Waals surface area contributed by atoms with Crippen LogP contribution in [0.2, 0.25) is 0 Å². The quantitative estimate of drug-likeness (QED) is 0.488. The number of aromatic nitrogens is 1. The molecule has 1 aromatic carbocycles. The Labute approximate surface area is 197 Å². The van der Waals surface area contributed by atoms with Crippen molar-refractivity contribution in [2.75, 3.05) is 52.1 Å². The van der Waals surface area contributed by atoms with E-state index in [1.807, 2.05) is 19.9 Å². The number of fused-ring (bicyclic) bond motifs is 1. The first-order valence-electron chi connectivity index (χ1n) is 12.0. The number of hydrogen-bond donors (Lipinski definition) is 3. The van der Waals surface area contributed by atoms with E-state index in [0.717, 1.165) is 60.8 Å². The van der Waals surface area contributed by atoms with E-state index in [-0.39, 0.29) is 17.7 Å². The molecule has 0 spiro atoms. The van der Waals surface area contributed by atoms with Crippen LogP contribution in [-0.2, 0) is 17.6 Å². The minimum absolute atomic E-state index is 0.0200. The molecule has 1 unspecified atom stereocenters. The van der Waals surface area contributed by atoms with Crippen molar-refractivity contribution in [3.8, 4) is 0 Å². The average molecular weight is 454 g/mol. The molecule has 1 aliphatic heterocycles. The predicted molar refractivity (Wildman–Crippen MR) is 134 cm³/mol. The fraction of sp³-hybridized carbons (Fsp3) is 0.538. The molecule has 2 heterocycles. The molecule has 1 atom stereocenters. The molecule has 3 N–H and O–H groups in total. The number of likely N-dealkylation sites (N-methyl/N-ethyl adjacent to an activating group) is 2. The maximum atomic E-state index is 12.9. The maximum absolute atomic E-state index is 12.9. The van der Waals surface area contributed by atoms with Gasteiger partial charge >= 0.3 is 0 Å². The monoisotopic (exact) mass is 453 g/mol. The molecule has 180 valence electrons. The summed E-state index contributed by atoms with van der Waals surface area (Å²) in [6, 6.07) is 6.27. The van der Waals surface area contributed by atoms with E-state index in [0.29, 0.717) is 18.5 Å². The van der Waals surface area contributed by atoms with Crippen molar-refractivity contribution in [2.45, 2.75) is 46.5 Å². The molecular formula is C26H39N5O2. The summed E-state index contributed by atoms with van der Waals surface area (Å²) in [5.74, 6) is -0.289. The number of nitrogens with one attached hydrogen (secondary N) is 3. The number of rotatable bonds is 11. The van der Waals surface area contributed by atoms with Gasteiger partial charge in [0.25, 0.3) is 5.91 Å². The van der Waals surface area contributed by atoms with Gasteiger partial charge in [0, 0.05) is 43.1 Å². The average Bonchev–Trinajstić information content (AvgIpc) is 3.24. The highest BCUT2D eigenvalue weighted by Crippen LogP contribution is 2.36. The number of carbonyl (C=O) groups is 2. The summed E-state index contributed by atoms with van der Waals surface area (Å²) in [4.78, 5) is 33.5. The van der Waals surface area contributed by atoms with Gasteiger partial charge in [-0.05, 0) is 70.2 Å². The summed E-state index contributed by atoms with van der Waals surface area (Å²) < 4.78 is 0. The Kier molecular flexibility index (Phi) is 8.32. The van der Waals surface area contributed by atoms with Crippen LogP contribution in [0.3, 0.4) is 0 Å². The third-order valence-electron chi connectivity index (χ3n) is 6.70. The lowest BCUT2D eigenvalue weighted by Gasteiger charge is -2.18. The van der Waals surface area contributed by atoms with Crippen LogP contribution in [0, 0.1) is 13.8 Å². The van der Waals surface area contributed by atoms with E-state index in [9.17, 15) is 9.59 Å². The first kappa shape index (κ1) is 25.0. The number of amides is 2. The van der Waals surface area contributed by atoms with E-state index < -0.39 is 0 Å². The molecule has 3 rings (SSSR count). The molecule has 1 aromatic heterocycles. The predicted octanol–water partition coefficient (Wildman–Crippen LogP) is 3.09. The first-order valence-corrected chi connectivity index (χ1v) is 12.0. The number of aryl methyl sites for hydroxylation is 1. The molecule has 0 saturated carbocycles. The van der Waals surface area contributed by atoms with Crippen LogP contribution in [0.15, 0.2) is 18.2 Å². The van der Waals surface area contributed by atoms with Crippen molar-refractivity contribution in [3.63, 3.8) is 0 Å². The highest BCUT2D eigenvalue weighted by Gasteiger charge is 2.32. The SMILES string of the molecule is CCN(CC)CCNC(=O)c1c(C)[nH]c(CC2C(=O)Nc3ccc(CCN(C)C)cc32)c1C. The van der Waals surface area contributed by atoms with Gasteiger partial charge in [-0.2, -0.15) is 0 Å². The van der Waals surface area contributed by atoms with E-state index >= 15 is 0 Å². The second kappa shape index (κ2) is 11.0. The molecule has 0 aliphatic carbocycles. The number of H-pyrrole nitrogens is 1. The molecular weight excluding hydrogens is 414 g/mol. The van der Waals surface area contributed by atoms with Crippen molar-refractivity contribution < 1.29 is 9.59 Å². The number of benzene rings is 1. The molecule has 0 radical (unpaired) electrons. The smallest absolute Gasteiger partial charge is 0.253 e. The summed E-state index contributed by atoms with van der Waals surface area (Å²) in [5, 5.41) is 6.08. The number of anilines is 1. The van der Waals surface area contributed by atoms with Crippen molar-refractivity contribution in [2.24, 2.45) is 0 Å². The minimum Gasteiger partial charge on any atom is -0.362 e. The molecule has 2 aromatic rings. The van der Waals surface area contributed by atoms with E-state index in [1.54, 1.807) is 0 Å². The van der Waals surface area contributed by atoms with Gasteiger partial charge in [0.15, 0.2) is 0 Å². The first-order chi connectivity index (χ1) is 15.7. The molecule has 0 bridgehead atoms. The van der Waals surface area contributed by atoms with Crippen molar-refractivity contribution in [1.29, 1.82) is 0 Å². The Morgan fingerprint density at radius 1 is 1.12 bits per heavy atom. The fourth-order valence-corrected chi connectivity index (χ4v) is 4.61. The van der Waals surface area contributed by atoms with Crippen LogP contribution in [0.1, 0.15) is 58.2 Å². The largest absolute Gasteiger partial charge is 0.362 e. The van der Waals surface area contributed by atoms with E-state index in [2.05, 4.69) is 65.5 Å². The molecule has 33 heavy (non-hydrogen) atoms. The van der Waals surface area contributed by atoms with Crippen LogP contribution < -0.4 is 10.6 Å². The van der Waals surface area contributed by atoms with Crippen molar-refractivity contribution >= 4 is 17.5 Å². The Bertz CT molecular complexity index is 991. The van der Waals surface area contributed by atoms with Gasteiger partial charge in [-0.3, -0.25) is 9.59 Å². The summed E-state index contributed by atoms with van der Waals surface area (Å²) >= 11 is 0. The fourth-order valence-electron chi connectivity index (χ4n) is 4.61. The van der Waals surface area contributed by atoms with Gasteiger partial charge in [-0.25, -0.2) is 0 Å². The molecule has 7 nitrogen and oxygen atoms in total. The Hall–Kier alpha value is -2.64. The van der Waals surface area contributed by atoms with Gasteiger partial charge in [0.1, 0.15) is 0 Å². The zero-order chi connectivity index (χ0) is 24.1.